The average Bonchev–Trinajstić information content (AvgIpc) is 2.42. The Hall–Kier alpha value is -0.920. The van der Waals surface area contributed by atoms with E-state index in [1.807, 2.05) is 19.0 Å². The summed E-state index contributed by atoms with van der Waals surface area (Å²) < 4.78 is 2.03. The zero-order chi connectivity index (χ0) is 15.1. The van der Waals surface area contributed by atoms with Crippen LogP contribution in [0.25, 0.3) is 0 Å². The molecule has 0 saturated carbocycles. The maximum atomic E-state index is 12.1. The van der Waals surface area contributed by atoms with E-state index in [4.69, 9.17) is 0 Å². The maximum Gasteiger partial charge on any atom is 0.283 e. The fourth-order valence-corrected chi connectivity index (χ4v) is 2.03. The van der Waals surface area contributed by atoms with E-state index in [9.17, 15) is 4.79 Å². The van der Waals surface area contributed by atoms with Gasteiger partial charge in [0, 0.05) is 19.6 Å². The molecule has 20 heavy (non-hydrogen) atoms. The normalized spacial score (nSPS) is 11.3. The molecule has 1 heterocycles. The molecule has 0 aromatic carbocycles. The Morgan fingerprint density at radius 1 is 1.35 bits per heavy atom. The highest BCUT2D eigenvalue weighted by Crippen LogP contribution is 2.15. The van der Waals surface area contributed by atoms with Crippen molar-refractivity contribution in [2.75, 3.05) is 52.6 Å². The minimum atomic E-state index is -0.0966. The molecule has 0 saturated heterocycles. The summed E-state index contributed by atoms with van der Waals surface area (Å²) in [6.45, 7) is 6.20. The fourth-order valence-electron chi connectivity index (χ4n) is 1.58. The Balaban J connectivity index is 2.66. The number of aromatic nitrogens is 2. The van der Waals surface area contributed by atoms with Crippen molar-refractivity contribution < 1.29 is 0 Å². The zero-order valence-corrected chi connectivity index (χ0v) is 14.3. The first kappa shape index (κ1) is 17.1. The molecule has 0 amide bonds. The minimum Gasteiger partial charge on any atom is -0.381 e. The Kier molecular flexibility index (Phi) is 7.18. The molecule has 0 aliphatic rings. The van der Waals surface area contributed by atoms with Crippen molar-refractivity contribution in [2.24, 2.45) is 0 Å². The molecule has 0 atom stereocenters. The molecule has 0 radical (unpaired) electrons. The quantitative estimate of drug-likeness (QED) is 0.759. The summed E-state index contributed by atoms with van der Waals surface area (Å²) in [7, 11) is 6.01. The largest absolute Gasteiger partial charge is 0.381 e. The van der Waals surface area contributed by atoms with Crippen molar-refractivity contribution >= 4 is 21.6 Å². The van der Waals surface area contributed by atoms with Gasteiger partial charge in [-0.05, 0) is 43.6 Å². The van der Waals surface area contributed by atoms with Gasteiger partial charge in [-0.3, -0.25) is 4.79 Å². The van der Waals surface area contributed by atoms with Gasteiger partial charge in [0.2, 0.25) is 0 Å². The van der Waals surface area contributed by atoms with Crippen LogP contribution in [0.1, 0.15) is 6.92 Å². The van der Waals surface area contributed by atoms with E-state index in [2.05, 4.69) is 45.2 Å². The number of anilines is 1. The molecule has 0 aliphatic carbocycles. The van der Waals surface area contributed by atoms with Crippen LogP contribution in [0.15, 0.2) is 15.5 Å². The van der Waals surface area contributed by atoms with Crippen molar-refractivity contribution in [3.63, 3.8) is 0 Å². The topological polar surface area (TPSA) is 53.4 Å². The minimum absolute atomic E-state index is 0.0966. The highest BCUT2D eigenvalue weighted by atomic mass is 79.9. The van der Waals surface area contributed by atoms with Crippen molar-refractivity contribution in [2.45, 2.75) is 13.5 Å². The van der Waals surface area contributed by atoms with Gasteiger partial charge in [0.15, 0.2) is 0 Å². The Morgan fingerprint density at radius 2 is 2.05 bits per heavy atom. The van der Waals surface area contributed by atoms with Gasteiger partial charge in [0.1, 0.15) is 4.47 Å². The molecule has 1 aromatic rings. The standard InChI is InChI=1S/C13H24BrN5O/c1-5-18(4)7-6-15-11-10-16-19(9-8-17(2)3)13(20)12(11)14/h10,15H,5-9H2,1-4H3. The molecule has 0 unspecified atom stereocenters. The van der Waals surface area contributed by atoms with E-state index in [1.54, 1.807) is 6.20 Å². The van der Waals surface area contributed by atoms with Gasteiger partial charge in [-0.15, -0.1) is 0 Å². The molecular formula is C13H24BrN5O. The van der Waals surface area contributed by atoms with Gasteiger partial charge in [-0.25, -0.2) is 4.68 Å². The second-order valence-electron chi connectivity index (χ2n) is 5.03. The second kappa shape index (κ2) is 8.39. The molecule has 1 rings (SSSR count). The molecule has 1 N–H and O–H groups in total. The number of rotatable bonds is 8. The van der Waals surface area contributed by atoms with Crippen molar-refractivity contribution in [1.29, 1.82) is 0 Å². The molecule has 0 fully saturated rings. The molecule has 114 valence electrons. The lowest BCUT2D eigenvalue weighted by Crippen LogP contribution is -2.30. The predicted octanol–water partition coefficient (Wildman–Crippen LogP) is 0.931. The first-order chi connectivity index (χ1) is 9.45. The smallest absolute Gasteiger partial charge is 0.283 e. The van der Waals surface area contributed by atoms with Gasteiger partial charge < -0.3 is 15.1 Å². The number of nitrogens with zero attached hydrogens (tertiary/aromatic N) is 4. The number of nitrogens with one attached hydrogen (secondary N) is 1. The van der Waals surface area contributed by atoms with Crippen LogP contribution in [0.4, 0.5) is 5.69 Å². The molecule has 6 nitrogen and oxygen atoms in total. The summed E-state index contributed by atoms with van der Waals surface area (Å²) in [6.07, 6.45) is 1.70. The van der Waals surface area contributed by atoms with Gasteiger partial charge in [-0.2, -0.15) is 5.10 Å². The van der Waals surface area contributed by atoms with Crippen LogP contribution >= 0.6 is 15.9 Å². The van der Waals surface area contributed by atoms with Crippen LogP contribution in [-0.2, 0) is 6.54 Å². The molecule has 0 bridgehead atoms. The van der Waals surface area contributed by atoms with Gasteiger partial charge in [0.25, 0.3) is 5.56 Å². The first-order valence-corrected chi connectivity index (χ1v) is 7.57. The van der Waals surface area contributed by atoms with E-state index in [-0.39, 0.29) is 5.56 Å². The van der Waals surface area contributed by atoms with Crippen molar-refractivity contribution in [3.8, 4) is 0 Å². The summed E-state index contributed by atoms with van der Waals surface area (Å²) >= 11 is 3.36. The molecule has 0 spiro atoms. The lowest BCUT2D eigenvalue weighted by atomic mass is 10.4. The van der Waals surface area contributed by atoms with Crippen LogP contribution < -0.4 is 10.9 Å². The number of halogens is 1. The molecule has 1 aromatic heterocycles. The van der Waals surface area contributed by atoms with Crippen LogP contribution in [0.5, 0.6) is 0 Å². The van der Waals surface area contributed by atoms with Gasteiger partial charge >= 0.3 is 0 Å². The summed E-state index contributed by atoms with van der Waals surface area (Å²) in [5, 5.41) is 7.44. The Labute approximate surface area is 128 Å². The third-order valence-electron chi connectivity index (χ3n) is 3.09. The predicted molar refractivity (Wildman–Crippen MR) is 86.4 cm³/mol. The number of hydrogen-bond donors (Lipinski definition) is 1. The number of hydrogen-bond acceptors (Lipinski definition) is 5. The third kappa shape index (κ3) is 5.22. The lowest BCUT2D eigenvalue weighted by Gasteiger charge is -2.16. The van der Waals surface area contributed by atoms with E-state index >= 15 is 0 Å². The van der Waals surface area contributed by atoms with Crippen LogP contribution in [-0.4, -0.2) is 66.9 Å². The first-order valence-electron chi connectivity index (χ1n) is 6.78. The average molecular weight is 346 g/mol. The summed E-state index contributed by atoms with van der Waals surface area (Å²) in [5.41, 5.74) is 0.654. The van der Waals surface area contributed by atoms with Crippen LogP contribution in [0.2, 0.25) is 0 Å². The summed E-state index contributed by atoms with van der Waals surface area (Å²) in [6, 6.07) is 0. The monoisotopic (exact) mass is 345 g/mol. The van der Waals surface area contributed by atoms with Crippen LogP contribution in [0, 0.1) is 0 Å². The third-order valence-corrected chi connectivity index (χ3v) is 3.86. The van der Waals surface area contributed by atoms with E-state index in [0.717, 1.165) is 31.9 Å². The Morgan fingerprint density at radius 3 is 2.65 bits per heavy atom. The Bertz CT molecular complexity index is 474. The second-order valence-corrected chi connectivity index (χ2v) is 5.82. The highest BCUT2D eigenvalue weighted by molar-refractivity contribution is 9.10. The fraction of sp³-hybridized carbons (Fsp3) is 0.692. The lowest BCUT2D eigenvalue weighted by molar-refractivity contribution is 0.365. The SMILES string of the molecule is CCN(C)CCNc1cnn(CCN(C)C)c(=O)c1Br. The van der Waals surface area contributed by atoms with Crippen molar-refractivity contribution in [3.05, 3.63) is 21.0 Å². The summed E-state index contributed by atoms with van der Waals surface area (Å²) in [4.78, 5) is 16.4. The summed E-state index contributed by atoms with van der Waals surface area (Å²) in [5.74, 6) is 0. The molecule has 7 heteroatoms. The number of likely N-dealkylation sites (N-methyl/N-ethyl adjacent to an activating group) is 2. The molecule has 0 aliphatic heterocycles. The maximum absolute atomic E-state index is 12.1. The van der Waals surface area contributed by atoms with E-state index in [0.29, 0.717) is 11.0 Å². The van der Waals surface area contributed by atoms with E-state index in [1.165, 1.54) is 4.68 Å². The van der Waals surface area contributed by atoms with Gasteiger partial charge in [-0.1, -0.05) is 6.92 Å². The zero-order valence-electron chi connectivity index (χ0n) is 12.7. The van der Waals surface area contributed by atoms with Crippen molar-refractivity contribution in [1.82, 2.24) is 19.6 Å². The van der Waals surface area contributed by atoms with Crippen LogP contribution in [0.3, 0.4) is 0 Å². The van der Waals surface area contributed by atoms with Gasteiger partial charge in [0.05, 0.1) is 18.4 Å². The van der Waals surface area contributed by atoms with E-state index < -0.39 is 0 Å². The highest BCUT2D eigenvalue weighted by Gasteiger charge is 2.08. The molecular weight excluding hydrogens is 322 g/mol.